The number of hydrogen-bond donors (Lipinski definition) is 0. The van der Waals surface area contributed by atoms with Gasteiger partial charge in [0.2, 0.25) is 11.8 Å². The monoisotopic (exact) mass is 403 g/mol. The fraction of sp³-hybridized carbons (Fsp3) is 0.400. The minimum Gasteiger partial charge on any atom is -0.474 e. The number of pyridine rings is 1. The first-order valence-corrected chi connectivity index (χ1v) is 10.6. The molecule has 0 fully saturated rings. The highest BCUT2D eigenvalue weighted by Gasteiger charge is 2.27. The van der Waals surface area contributed by atoms with Crippen LogP contribution in [0.5, 0.6) is 0 Å². The molecule has 0 saturated heterocycles. The molecule has 0 saturated carbocycles. The number of aliphatic imine (C=N–C) groups is 2. The van der Waals surface area contributed by atoms with Crippen LogP contribution in [-0.2, 0) is 9.47 Å². The van der Waals surface area contributed by atoms with Gasteiger partial charge in [0.15, 0.2) is 0 Å². The summed E-state index contributed by atoms with van der Waals surface area (Å²) in [5.41, 5.74) is 4.64. The van der Waals surface area contributed by atoms with Gasteiger partial charge in [0.1, 0.15) is 24.6 Å². The van der Waals surface area contributed by atoms with E-state index in [-0.39, 0.29) is 12.1 Å². The molecule has 1 aromatic carbocycles. The van der Waals surface area contributed by atoms with Gasteiger partial charge in [-0.05, 0) is 40.7 Å². The van der Waals surface area contributed by atoms with Crippen molar-refractivity contribution in [3.8, 4) is 11.1 Å². The van der Waals surface area contributed by atoms with E-state index in [1.54, 1.807) is 0 Å². The molecule has 2 aliphatic heterocycles. The Hall–Kier alpha value is -2.95. The van der Waals surface area contributed by atoms with E-state index in [1.807, 2.05) is 18.2 Å². The molecule has 5 heteroatoms. The van der Waals surface area contributed by atoms with Crippen molar-refractivity contribution < 1.29 is 9.47 Å². The van der Waals surface area contributed by atoms with E-state index in [1.165, 1.54) is 0 Å². The summed E-state index contributed by atoms with van der Waals surface area (Å²) in [6.45, 7) is 13.6. The number of hydrogen-bond acceptors (Lipinski definition) is 5. The lowest BCUT2D eigenvalue weighted by molar-refractivity contribution is 0.290. The highest BCUT2D eigenvalue weighted by Crippen LogP contribution is 2.26. The van der Waals surface area contributed by atoms with Gasteiger partial charge in [0, 0.05) is 0 Å². The van der Waals surface area contributed by atoms with Gasteiger partial charge in [0.05, 0.1) is 12.1 Å². The Bertz CT molecular complexity index is 938. The van der Waals surface area contributed by atoms with Gasteiger partial charge in [-0.3, -0.25) is 0 Å². The average Bonchev–Trinajstić information content (AvgIpc) is 3.44. The van der Waals surface area contributed by atoms with E-state index in [9.17, 15) is 0 Å². The molecular weight excluding hydrogens is 374 g/mol. The van der Waals surface area contributed by atoms with Crippen molar-refractivity contribution in [2.75, 3.05) is 13.2 Å². The first-order chi connectivity index (χ1) is 14.4. The summed E-state index contributed by atoms with van der Waals surface area (Å²) in [6.07, 6.45) is 1.84. The predicted molar refractivity (Wildman–Crippen MR) is 122 cm³/mol. The lowest BCUT2D eigenvalue weighted by Crippen LogP contribution is -2.13. The van der Waals surface area contributed by atoms with Gasteiger partial charge in [-0.25, -0.2) is 15.0 Å². The molecule has 2 aromatic rings. The van der Waals surface area contributed by atoms with E-state index in [0.29, 0.717) is 36.8 Å². The molecule has 0 spiro atoms. The molecule has 2 aliphatic rings. The lowest BCUT2D eigenvalue weighted by Gasteiger charge is -2.09. The van der Waals surface area contributed by atoms with Crippen LogP contribution in [0.2, 0.25) is 0 Å². The summed E-state index contributed by atoms with van der Waals surface area (Å²) in [5.74, 6) is 2.04. The second-order valence-corrected chi connectivity index (χ2v) is 8.57. The maximum Gasteiger partial charge on any atom is 0.235 e. The topological polar surface area (TPSA) is 56.1 Å². The van der Waals surface area contributed by atoms with Gasteiger partial charge >= 0.3 is 0 Å². The summed E-state index contributed by atoms with van der Waals surface area (Å²) >= 11 is 0. The maximum absolute atomic E-state index is 5.91. The van der Waals surface area contributed by atoms with Crippen LogP contribution in [0.15, 0.2) is 53.0 Å². The van der Waals surface area contributed by atoms with E-state index < -0.39 is 0 Å². The SMILES string of the molecule is C=Cc1ccc(-c2cc(C3=N[C@@H](C(C)C)CO3)nc(C3=N[C@@H](C(C)C)CO3)c2)cc1. The standard InChI is InChI=1S/C25H29N3O2/c1-6-17-7-9-18(10-8-17)19-11-20(24-27-22(13-29-24)15(2)3)26-21(12-19)25-28-23(14-30-25)16(4)5/h6-12,15-16,22-23H,1,13-14H2,2-5H3/t22-,23-/m1/s1. The molecule has 0 unspecified atom stereocenters. The summed E-state index contributed by atoms with van der Waals surface area (Å²) in [6, 6.07) is 12.7. The predicted octanol–water partition coefficient (Wildman–Crippen LogP) is 4.99. The number of rotatable bonds is 6. The minimum absolute atomic E-state index is 0.158. The van der Waals surface area contributed by atoms with Crippen molar-refractivity contribution in [3.05, 3.63) is 59.9 Å². The van der Waals surface area contributed by atoms with Crippen molar-refractivity contribution in [2.45, 2.75) is 39.8 Å². The van der Waals surface area contributed by atoms with Crippen molar-refractivity contribution >= 4 is 17.9 Å². The normalized spacial score (nSPS) is 20.7. The van der Waals surface area contributed by atoms with Crippen LogP contribution in [0.1, 0.15) is 44.6 Å². The van der Waals surface area contributed by atoms with Crippen molar-refractivity contribution in [2.24, 2.45) is 21.8 Å². The minimum atomic E-state index is 0.158. The summed E-state index contributed by atoms with van der Waals surface area (Å²) < 4.78 is 11.8. The first-order valence-electron chi connectivity index (χ1n) is 10.6. The Kier molecular flexibility index (Phi) is 5.71. The van der Waals surface area contributed by atoms with Gasteiger partial charge < -0.3 is 9.47 Å². The van der Waals surface area contributed by atoms with Crippen LogP contribution < -0.4 is 0 Å². The zero-order valence-corrected chi connectivity index (χ0v) is 18.1. The largest absolute Gasteiger partial charge is 0.474 e. The maximum atomic E-state index is 5.91. The Morgan fingerprint density at radius 3 is 1.73 bits per heavy atom. The van der Waals surface area contributed by atoms with Crippen molar-refractivity contribution in [3.63, 3.8) is 0 Å². The highest BCUT2D eigenvalue weighted by molar-refractivity contribution is 5.99. The molecule has 0 N–H and O–H groups in total. The van der Waals surface area contributed by atoms with Gasteiger partial charge in [-0.1, -0.05) is 64.6 Å². The van der Waals surface area contributed by atoms with E-state index in [4.69, 9.17) is 24.4 Å². The first kappa shape index (κ1) is 20.3. The number of benzene rings is 1. The molecule has 4 rings (SSSR count). The fourth-order valence-electron chi connectivity index (χ4n) is 3.47. The van der Waals surface area contributed by atoms with Crippen molar-refractivity contribution in [1.29, 1.82) is 0 Å². The van der Waals surface area contributed by atoms with E-state index in [0.717, 1.165) is 28.1 Å². The van der Waals surface area contributed by atoms with Gasteiger partial charge in [0.25, 0.3) is 0 Å². The van der Waals surface area contributed by atoms with Crippen LogP contribution in [0.4, 0.5) is 0 Å². The third-order valence-corrected chi connectivity index (χ3v) is 5.63. The molecule has 0 aliphatic carbocycles. The summed E-state index contributed by atoms with van der Waals surface area (Å²) in [4.78, 5) is 14.4. The second kappa shape index (κ2) is 8.42. The van der Waals surface area contributed by atoms with Crippen LogP contribution in [0, 0.1) is 11.8 Å². The highest BCUT2D eigenvalue weighted by atomic mass is 16.5. The Morgan fingerprint density at radius 1 is 0.833 bits per heavy atom. The number of aromatic nitrogens is 1. The third kappa shape index (κ3) is 4.16. The summed E-state index contributed by atoms with van der Waals surface area (Å²) in [5, 5.41) is 0. The quantitative estimate of drug-likeness (QED) is 0.682. The Balaban J connectivity index is 1.77. The van der Waals surface area contributed by atoms with Crippen molar-refractivity contribution in [1.82, 2.24) is 4.98 Å². The number of ether oxygens (including phenoxy) is 2. The summed E-state index contributed by atoms with van der Waals surface area (Å²) in [7, 11) is 0. The Morgan fingerprint density at radius 2 is 1.33 bits per heavy atom. The molecule has 3 heterocycles. The smallest absolute Gasteiger partial charge is 0.235 e. The second-order valence-electron chi connectivity index (χ2n) is 8.57. The number of nitrogens with zero attached hydrogens (tertiary/aromatic N) is 3. The van der Waals surface area contributed by atoms with E-state index in [2.05, 4.69) is 58.5 Å². The molecule has 0 bridgehead atoms. The third-order valence-electron chi connectivity index (χ3n) is 5.63. The van der Waals surface area contributed by atoms with Gasteiger partial charge in [-0.2, -0.15) is 0 Å². The average molecular weight is 404 g/mol. The molecular formula is C25H29N3O2. The van der Waals surface area contributed by atoms with Gasteiger partial charge in [-0.15, -0.1) is 0 Å². The molecule has 2 atom stereocenters. The molecule has 30 heavy (non-hydrogen) atoms. The Labute approximate surface area is 178 Å². The van der Waals surface area contributed by atoms with Crippen LogP contribution in [0.25, 0.3) is 17.2 Å². The van der Waals surface area contributed by atoms with Crippen LogP contribution in [-0.4, -0.2) is 42.1 Å². The fourth-order valence-corrected chi connectivity index (χ4v) is 3.47. The van der Waals surface area contributed by atoms with E-state index >= 15 is 0 Å². The zero-order chi connectivity index (χ0) is 21.3. The molecule has 0 radical (unpaired) electrons. The molecule has 1 aromatic heterocycles. The molecule has 156 valence electrons. The van der Waals surface area contributed by atoms with Crippen LogP contribution >= 0.6 is 0 Å². The zero-order valence-electron chi connectivity index (χ0n) is 18.1. The molecule has 0 amide bonds. The van der Waals surface area contributed by atoms with Crippen LogP contribution in [0.3, 0.4) is 0 Å². The molecule has 5 nitrogen and oxygen atoms in total. The lowest BCUT2D eigenvalue weighted by atomic mass is 10.0.